The average molecular weight is 377 g/mol. The quantitative estimate of drug-likeness (QED) is 0.450. The molecule has 9 heteroatoms. The molecule has 138 valence electrons. The molecule has 0 aromatic heterocycles. The minimum Gasteiger partial charge on any atom is -0.356 e. The molecule has 2 fully saturated rings. The van der Waals surface area contributed by atoms with E-state index in [4.69, 9.17) is 0 Å². The van der Waals surface area contributed by atoms with Crippen molar-refractivity contribution in [3.63, 3.8) is 0 Å². The second kappa shape index (κ2) is 8.42. The van der Waals surface area contributed by atoms with Crippen LogP contribution in [0.25, 0.3) is 0 Å². The number of sulfone groups is 1. The largest absolute Gasteiger partial charge is 0.356 e. The van der Waals surface area contributed by atoms with Gasteiger partial charge in [-0.3, -0.25) is 9.79 Å². The van der Waals surface area contributed by atoms with Crippen molar-refractivity contribution in [2.45, 2.75) is 43.4 Å². The summed E-state index contributed by atoms with van der Waals surface area (Å²) in [6.45, 7) is 3.58. The Morgan fingerprint density at radius 1 is 1.38 bits per heavy atom. The number of nitrogens with zero attached hydrogens (tertiary/aromatic N) is 1. The minimum absolute atomic E-state index is 0.0612. The highest BCUT2D eigenvalue weighted by Gasteiger charge is 2.30. The lowest BCUT2D eigenvalue weighted by Crippen LogP contribution is -2.45. The molecule has 2 aliphatic rings. The maximum atomic E-state index is 11.9. The highest BCUT2D eigenvalue weighted by molar-refractivity contribution is 8.00. The Balaban J connectivity index is 1.63. The number of thioether (sulfide) groups is 1. The van der Waals surface area contributed by atoms with E-state index < -0.39 is 9.84 Å². The number of rotatable bonds is 6. The Morgan fingerprint density at radius 3 is 2.75 bits per heavy atom. The molecule has 0 radical (unpaired) electrons. The molecular weight excluding hydrogens is 348 g/mol. The molecule has 2 unspecified atom stereocenters. The van der Waals surface area contributed by atoms with Crippen molar-refractivity contribution in [1.29, 1.82) is 0 Å². The van der Waals surface area contributed by atoms with E-state index in [1.54, 1.807) is 7.05 Å². The second-order valence-corrected chi connectivity index (χ2v) is 10.6. The van der Waals surface area contributed by atoms with Gasteiger partial charge in [0.25, 0.3) is 0 Å². The zero-order valence-corrected chi connectivity index (χ0v) is 16.1. The number of nitrogens with one attached hydrogen (secondary N) is 3. The summed E-state index contributed by atoms with van der Waals surface area (Å²) in [6, 6.07) is -0.237. The van der Waals surface area contributed by atoms with Gasteiger partial charge < -0.3 is 16.0 Å². The average Bonchev–Trinajstić information content (AvgIpc) is 3.09. The van der Waals surface area contributed by atoms with Crippen LogP contribution in [0.2, 0.25) is 0 Å². The van der Waals surface area contributed by atoms with Gasteiger partial charge in [-0.2, -0.15) is 11.8 Å². The molecule has 0 saturated carbocycles. The number of guanidine groups is 1. The summed E-state index contributed by atoms with van der Waals surface area (Å²) in [4.78, 5) is 16.1. The summed E-state index contributed by atoms with van der Waals surface area (Å²) in [6.07, 6.45) is 3.27. The fourth-order valence-corrected chi connectivity index (χ4v) is 5.89. The maximum Gasteiger partial charge on any atom is 0.222 e. The molecule has 24 heavy (non-hydrogen) atoms. The zero-order valence-electron chi connectivity index (χ0n) is 14.4. The molecule has 0 spiro atoms. The molecule has 3 N–H and O–H groups in total. The first kappa shape index (κ1) is 19.4. The zero-order chi connectivity index (χ0) is 17.6. The first-order valence-corrected chi connectivity index (χ1v) is 11.2. The molecular formula is C15H28N4O3S2. The van der Waals surface area contributed by atoms with Crippen molar-refractivity contribution in [2.75, 3.05) is 37.4 Å². The van der Waals surface area contributed by atoms with Crippen LogP contribution in [-0.2, 0) is 14.6 Å². The highest BCUT2D eigenvalue weighted by Crippen LogP contribution is 2.36. The van der Waals surface area contributed by atoms with Gasteiger partial charge >= 0.3 is 0 Å². The molecule has 1 amide bonds. The Bertz CT molecular complexity index is 571. The molecule has 0 aromatic carbocycles. The van der Waals surface area contributed by atoms with E-state index in [0.29, 0.717) is 25.3 Å². The van der Waals surface area contributed by atoms with Crippen LogP contribution in [0.3, 0.4) is 0 Å². The van der Waals surface area contributed by atoms with E-state index in [1.165, 1.54) is 18.6 Å². The molecule has 2 heterocycles. The fraction of sp³-hybridized carbons (Fsp3) is 0.867. The third-order valence-corrected chi connectivity index (χ3v) is 7.70. The smallest absolute Gasteiger partial charge is 0.222 e. The minimum atomic E-state index is -2.96. The van der Waals surface area contributed by atoms with Crippen LogP contribution in [0.1, 0.15) is 32.6 Å². The number of aliphatic imine (C=N–C) groups is 1. The Labute approximate surface area is 148 Å². The Hall–Kier alpha value is -0.960. The van der Waals surface area contributed by atoms with Crippen molar-refractivity contribution in [1.82, 2.24) is 16.0 Å². The third-order valence-electron chi connectivity index (χ3n) is 4.40. The summed E-state index contributed by atoms with van der Waals surface area (Å²) in [5, 5.41) is 9.24. The van der Waals surface area contributed by atoms with Gasteiger partial charge in [0.1, 0.15) is 0 Å². The summed E-state index contributed by atoms with van der Waals surface area (Å²) in [7, 11) is -1.25. The van der Waals surface area contributed by atoms with Crippen LogP contribution in [0.5, 0.6) is 0 Å². The maximum absolute atomic E-state index is 11.9. The Morgan fingerprint density at radius 2 is 2.17 bits per heavy atom. The standard InChI is InChI=1S/C15H28N4O3S2/c1-15(6-3-8-23-15)11-18-14(16-2)17-7-4-13(20)19-12-5-9-24(21,22)10-12/h12H,3-11H2,1-2H3,(H,19,20)(H2,16,17,18). The lowest BCUT2D eigenvalue weighted by Gasteiger charge is -2.24. The van der Waals surface area contributed by atoms with Crippen LogP contribution in [0.15, 0.2) is 4.99 Å². The molecule has 2 rings (SSSR count). The highest BCUT2D eigenvalue weighted by atomic mass is 32.2. The first-order valence-electron chi connectivity index (χ1n) is 8.40. The van der Waals surface area contributed by atoms with Crippen LogP contribution in [0, 0.1) is 0 Å². The van der Waals surface area contributed by atoms with Gasteiger partial charge in [0.2, 0.25) is 5.91 Å². The lowest BCUT2D eigenvalue weighted by atomic mass is 10.1. The Kier molecular flexibility index (Phi) is 6.79. The van der Waals surface area contributed by atoms with Crippen molar-refractivity contribution in [3.05, 3.63) is 0 Å². The number of hydrogen-bond donors (Lipinski definition) is 3. The van der Waals surface area contributed by atoms with Crippen LogP contribution in [-0.4, -0.2) is 68.5 Å². The monoisotopic (exact) mass is 376 g/mol. The molecule has 0 bridgehead atoms. The van der Waals surface area contributed by atoms with E-state index in [2.05, 4.69) is 27.9 Å². The van der Waals surface area contributed by atoms with Gasteiger partial charge in [0.05, 0.1) is 11.5 Å². The van der Waals surface area contributed by atoms with Gasteiger partial charge in [-0.1, -0.05) is 0 Å². The fourth-order valence-electron chi connectivity index (χ4n) is 2.97. The first-order chi connectivity index (χ1) is 11.3. The summed E-state index contributed by atoms with van der Waals surface area (Å²) in [5.41, 5.74) is 0. The number of amides is 1. The van der Waals surface area contributed by atoms with Crippen molar-refractivity contribution in [3.8, 4) is 0 Å². The molecule has 7 nitrogen and oxygen atoms in total. The van der Waals surface area contributed by atoms with Crippen LogP contribution in [0.4, 0.5) is 0 Å². The summed E-state index contributed by atoms with van der Waals surface area (Å²) in [5.74, 6) is 2.01. The molecule has 0 aliphatic carbocycles. The molecule has 0 aromatic rings. The predicted octanol–water partition coefficient (Wildman–Crippen LogP) is 0.131. The lowest BCUT2D eigenvalue weighted by molar-refractivity contribution is -0.121. The second-order valence-electron chi connectivity index (χ2n) is 6.67. The number of carbonyl (C=O) groups is 1. The predicted molar refractivity (Wildman–Crippen MR) is 99.3 cm³/mol. The number of hydrogen-bond acceptors (Lipinski definition) is 5. The van der Waals surface area contributed by atoms with E-state index in [9.17, 15) is 13.2 Å². The van der Waals surface area contributed by atoms with Gasteiger partial charge in [-0.25, -0.2) is 8.42 Å². The molecule has 2 aliphatic heterocycles. The van der Waals surface area contributed by atoms with Gasteiger partial charge in [-0.05, 0) is 31.9 Å². The third kappa shape index (κ3) is 6.16. The van der Waals surface area contributed by atoms with Gasteiger partial charge in [-0.15, -0.1) is 0 Å². The van der Waals surface area contributed by atoms with Crippen LogP contribution < -0.4 is 16.0 Å². The van der Waals surface area contributed by atoms with Gasteiger partial charge in [0, 0.05) is 37.3 Å². The van der Waals surface area contributed by atoms with Crippen LogP contribution >= 0.6 is 11.8 Å². The summed E-state index contributed by atoms with van der Waals surface area (Å²) < 4.78 is 23.0. The number of carbonyl (C=O) groups excluding carboxylic acids is 1. The van der Waals surface area contributed by atoms with E-state index >= 15 is 0 Å². The van der Waals surface area contributed by atoms with Gasteiger partial charge in [0.15, 0.2) is 15.8 Å². The van der Waals surface area contributed by atoms with E-state index in [-0.39, 0.29) is 28.2 Å². The van der Waals surface area contributed by atoms with E-state index in [0.717, 1.165) is 6.54 Å². The molecule has 2 saturated heterocycles. The van der Waals surface area contributed by atoms with Crippen molar-refractivity contribution in [2.24, 2.45) is 4.99 Å². The topological polar surface area (TPSA) is 99.7 Å². The van der Waals surface area contributed by atoms with Crippen molar-refractivity contribution >= 4 is 33.5 Å². The van der Waals surface area contributed by atoms with E-state index in [1.807, 2.05) is 11.8 Å². The SMILES string of the molecule is CN=C(NCCC(=O)NC1CCS(=O)(=O)C1)NCC1(C)CCCS1. The summed E-state index contributed by atoms with van der Waals surface area (Å²) >= 11 is 1.98. The normalized spacial score (nSPS) is 29.4. The molecule has 2 atom stereocenters. The van der Waals surface area contributed by atoms with Crippen molar-refractivity contribution < 1.29 is 13.2 Å².